The van der Waals surface area contributed by atoms with Crippen molar-refractivity contribution < 1.29 is 47.4 Å². The minimum atomic E-state index is -0.996. The number of nitrogens with zero attached hydrogens (tertiary/aromatic N) is 4. The van der Waals surface area contributed by atoms with E-state index in [2.05, 4.69) is 43.8 Å². The minimum Gasteiger partial charge on any atom is -0.489 e. The van der Waals surface area contributed by atoms with Gasteiger partial charge in [-0.25, -0.2) is 9.59 Å². The second-order valence-corrected chi connectivity index (χ2v) is 23.7. The van der Waals surface area contributed by atoms with Crippen molar-refractivity contribution in [3.63, 3.8) is 0 Å². The van der Waals surface area contributed by atoms with Gasteiger partial charge in [0, 0.05) is 96.6 Å². The number of esters is 1. The van der Waals surface area contributed by atoms with Crippen molar-refractivity contribution in [2.75, 3.05) is 59.7 Å². The fourth-order valence-corrected chi connectivity index (χ4v) is 11.8. The van der Waals surface area contributed by atoms with Crippen LogP contribution in [0.1, 0.15) is 114 Å². The van der Waals surface area contributed by atoms with Crippen LogP contribution < -0.4 is 9.47 Å². The van der Waals surface area contributed by atoms with E-state index in [1.165, 1.54) is 7.11 Å². The highest BCUT2D eigenvalue weighted by atomic mass is 35.5. The summed E-state index contributed by atoms with van der Waals surface area (Å²) >= 11 is 39.2. The number of carbonyl (C=O) groups excluding carboxylic acids is 1. The molecule has 20 heteroatoms. The van der Waals surface area contributed by atoms with Crippen molar-refractivity contribution in [1.29, 1.82) is 0 Å². The van der Waals surface area contributed by atoms with E-state index in [0.29, 0.717) is 143 Å². The summed E-state index contributed by atoms with van der Waals surface area (Å²) < 4.78 is 39.6. The molecule has 446 valence electrons. The molecule has 0 unspecified atom stereocenters. The summed E-state index contributed by atoms with van der Waals surface area (Å²) in [4.78, 5) is 28.6. The number of halogens is 6. The van der Waals surface area contributed by atoms with Gasteiger partial charge in [-0.05, 0) is 122 Å². The second-order valence-electron chi connectivity index (χ2n) is 21.3. The Balaban J connectivity index is 0.000000180. The molecule has 14 nitrogen and oxygen atoms in total. The van der Waals surface area contributed by atoms with Gasteiger partial charge in [0.15, 0.2) is 0 Å². The highest BCUT2D eigenvalue weighted by molar-refractivity contribution is 6.40. The summed E-state index contributed by atoms with van der Waals surface area (Å²) in [6.07, 6.45) is 4.13. The van der Waals surface area contributed by atoms with Crippen LogP contribution in [0.15, 0.2) is 118 Å². The minimum absolute atomic E-state index is 0.196. The molecule has 8 aromatic rings. The van der Waals surface area contributed by atoms with Gasteiger partial charge in [-0.15, -0.1) is 0 Å². The van der Waals surface area contributed by atoms with E-state index in [4.69, 9.17) is 102 Å². The van der Waals surface area contributed by atoms with Crippen LogP contribution in [0.25, 0.3) is 22.5 Å². The van der Waals surface area contributed by atoms with E-state index < -0.39 is 11.9 Å². The van der Waals surface area contributed by atoms with Crippen molar-refractivity contribution in [2.45, 2.75) is 63.8 Å². The number of aromatic nitrogens is 2. The van der Waals surface area contributed by atoms with Gasteiger partial charge in [0.05, 0.1) is 85.9 Å². The largest absolute Gasteiger partial charge is 0.489 e. The molecular weight excluding hydrogens is 1230 g/mol. The molecule has 4 fully saturated rings. The third-order valence-corrected chi connectivity index (χ3v) is 16.8. The fourth-order valence-electron chi connectivity index (χ4n) is 10.2. The van der Waals surface area contributed by atoms with E-state index in [1.807, 2.05) is 30.3 Å². The number of hydrogen-bond donors (Lipinski definition) is 1. The van der Waals surface area contributed by atoms with E-state index in [0.717, 1.165) is 85.6 Å². The SMILES string of the molecule is COC(=O)c1cc(C#Cc2ccc(OCc3c(-c4c(Cl)cccc4Cl)noc3C3CC3)cc2Cl)cc(CN2CCOCC2)c1.O=C(O)c1cc(C#Cc2ccc(OCc3c(-c4c(Cl)cccc4Cl)noc3C3CC3)cc2Cl)cc(CN2CCOCC2)c1. The molecule has 0 atom stereocenters. The smallest absolute Gasteiger partial charge is 0.337 e. The van der Waals surface area contributed by atoms with Crippen LogP contribution in [0.2, 0.25) is 30.1 Å². The van der Waals surface area contributed by atoms with Crippen LogP contribution >= 0.6 is 69.6 Å². The molecule has 0 bridgehead atoms. The number of morpholine rings is 2. The predicted molar refractivity (Wildman–Crippen MR) is 335 cm³/mol. The Morgan fingerprint density at radius 3 is 1.34 bits per heavy atom. The molecule has 4 aliphatic rings. The molecule has 0 spiro atoms. The van der Waals surface area contributed by atoms with Crippen LogP contribution in [0, 0.1) is 23.7 Å². The number of benzene rings is 6. The number of carbonyl (C=O) groups is 2. The van der Waals surface area contributed by atoms with Gasteiger partial charge < -0.3 is 37.8 Å². The van der Waals surface area contributed by atoms with Crippen molar-refractivity contribution in [3.8, 4) is 57.7 Å². The number of rotatable bonds is 16. The molecular formula is C67H56Cl6N4O10. The van der Waals surface area contributed by atoms with Gasteiger partial charge in [-0.3, -0.25) is 9.80 Å². The van der Waals surface area contributed by atoms with Gasteiger partial charge in [-0.1, -0.05) is 116 Å². The standard InChI is InChI=1S/C34H29Cl3N2O5.C33H27Cl3N2O5/c1-41-34(40)25-16-21(15-22(17-25)19-39-11-13-42-14-12-39)5-6-23-9-10-26(18-30(23)37)43-20-27-32(38-44-33(27)24-7-8-24)31-28(35)3-2-4-29(31)36;34-27-2-1-3-28(35)30(27)31-26(32(43-37-31)23-6-7-23)19-42-25-9-8-22(29(36)17-25)5-4-20-14-21(16-24(15-20)33(39)40)18-38-10-12-41-13-11-38/h2-4,9-10,15-18,24H,7-8,11-14,19-20H2,1H3;1-3,8-9,14-17,23H,6-7,10-13,18-19H2,(H,39,40). The fraction of sp³-hybridized carbons (Fsp3) is 0.284. The van der Waals surface area contributed by atoms with Crippen LogP contribution in [-0.2, 0) is 40.5 Å². The topological polar surface area (TPSA) is 159 Å². The van der Waals surface area contributed by atoms with Crippen LogP contribution in [0.3, 0.4) is 0 Å². The molecule has 0 amide bonds. The lowest BCUT2D eigenvalue weighted by molar-refractivity contribution is 0.0341. The Morgan fingerprint density at radius 1 is 0.540 bits per heavy atom. The molecule has 87 heavy (non-hydrogen) atoms. The maximum absolute atomic E-state index is 12.4. The Hall–Kier alpha value is -7.02. The number of carboxylic acids is 1. The number of methoxy groups -OCH3 is 1. The second kappa shape index (κ2) is 28.4. The summed E-state index contributed by atoms with van der Waals surface area (Å²) in [5.74, 6) is 14.4. The van der Waals surface area contributed by atoms with E-state index in [9.17, 15) is 14.7 Å². The first-order chi connectivity index (χ1) is 42.2. The molecule has 2 aromatic heterocycles. The molecule has 12 rings (SSSR count). The molecule has 6 aromatic carbocycles. The summed E-state index contributed by atoms with van der Waals surface area (Å²) in [6, 6.07) is 32.0. The van der Waals surface area contributed by atoms with Crippen molar-refractivity contribution in [1.82, 2.24) is 20.1 Å². The first-order valence-electron chi connectivity index (χ1n) is 28.2. The zero-order valence-electron chi connectivity index (χ0n) is 47.0. The number of ether oxygens (including phenoxy) is 5. The predicted octanol–water partition coefficient (Wildman–Crippen LogP) is 15.5. The Morgan fingerprint density at radius 2 is 0.954 bits per heavy atom. The highest BCUT2D eigenvalue weighted by Crippen LogP contribution is 2.48. The third-order valence-electron chi connectivity index (χ3n) is 14.9. The number of aromatic carboxylic acids is 1. The lowest BCUT2D eigenvalue weighted by Gasteiger charge is -2.26. The molecule has 2 saturated heterocycles. The molecule has 2 aliphatic carbocycles. The van der Waals surface area contributed by atoms with Gasteiger partial charge >= 0.3 is 11.9 Å². The molecule has 4 heterocycles. The van der Waals surface area contributed by atoms with Crippen molar-refractivity contribution >= 4 is 81.5 Å². The summed E-state index contributed by atoms with van der Waals surface area (Å²) in [5.41, 5.74) is 9.05. The van der Waals surface area contributed by atoms with Crippen LogP contribution in [0.5, 0.6) is 11.5 Å². The number of hydrogen-bond acceptors (Lipinski definition) is 13. The molecule has 2 saturated carbocycles. The average Bonchev–Trinajstić information content (AvgIpc) is 2.40. The molecule has 0 radical (unpaired) electrons. The lowest BCUT2D eigenvalue weighted by Crippen LogP contribution is -2.35. The van der Waals surface area contributed by atoms with Crippen LogP contribution in [0.4, 0.5) is 0 Å². The summed E-state index contributed by atoms with van der Waals surface area (Å²) in [5, 5.41) is 21.1. The van der Waals surface area contributed by atoms with Crippen molar-refractivity contribution in [2.24, 2.45) is 0 Å². The third kappa shape index (κ3) is 15.6. The van der Waals surface area contributed by atoms with Gasteiger partial charge in [-0.2, -0.15) is 0 Å². The highest BCUT2D eigenvalue weighted by Gasteiger charge is 2.35. The zero-order valence-corrected chi connectivity index (χ0v) is 51.6. The Labute approximate surface area is 533 Å². The summed E-state index contributed by atoms with van der Waals surface area (Å²) in [6.45, 7) is 7.72. The first kappa shape index (κ1) is 61.6. The maximum Gasteiger partial charge on any atom is 0.337 e. The lowest BCUT2D eigenvalue weighted by atomic mass is 10.0. The molecule has 2 aliphatic heterocycles. The van der Waals surface area contributed by atoms with Gasteiger partial charge in [0.25, 0.3) is 0 Å². The van der Waals surface area contributed by atoms with E-state index in [1.54, 1.807) is 78.9 Å². The van der Waals surface area contributed by atoms with E-state index >= 15 is 0 Å². The zero-order chi connectivity index (χ0) is 60.6. The van der Waals surface area contributed by atoms with E-state index in [-0.39, 0.29) is 18.8 Å². The van der Waals surface area contributed by atoms with Crippen molar-refractivity contribution in [3.05, 3.63) is 206 Å². The Bertz CT molecular complexity index is 3950. The summed E-state index contributed by atoms with van der Waals surface area (Å²) in [7, 11) is 1.37. The van der Waals surface area contributed by atoms with Gasteiger partial charge in [0.1, 0.15) is 47.6 Å². The quantitative estimate of drug-likeness (QED) is 0.0719. The monoisotopic (exact) mass is 1290 g/mol. The molecule has 1 N–H and O–H groups in total. The normalized spacial score (nSPS) is 15.1. The Kier molecular flexibility index (Phi) is 20.1. The first-order valence-corrected chi connectivity index (χ1v) is 30.5. The average molecular weight is 1290 g/mol. The number of carboxylic acid groups (broad SMARTS) is 1. The maximum atomic E-state index is 12.4. The van der Waals surface area contributed by atoms with Crippen LogP contribution in [-0.4, -0.2) is 96.9 Å². The van der Waals surface area contributed by atoms with Gasteiger partial charge in [0.2, 0.25) is 0 Å².